The summed E-state index contributed by atoms with van der Waals surface area (Å²) in [6, 6.07) is 7.90. The number of carbonyl (C=O) groups is 1. The second-order valence-corrected chi connectivity index (χ2v) is 4.43. The van der Waals surface area contributed by atoms with Gasteiger partial charge in [-0.05, 0) is 37.6 Å². The maximum absolute atomic E-state index is 12.0. The highest BCUT2D eigenvalue weighted by Gasteiger charge is 2.15. The number of anilines is 1. The largest absolute Gasteiger partial charge is 0.307 e. The van der Waals surface area contributed by atoms with Gasteiger partial charge in [-0.1, -0.05) is 6.07 Å². The minimum Gasteiger partial charge on any atom is -0.307 e. The number of amides is 1. The van der Waals surface area contributed by atoms with Crippen molar-refractivity contribution >= 4 is 17.4 Å². The molecule has 1 N–H and O–H groups in total. The van der Waals surface area contributed by atoms with E-state index < -0.39 is 10.8 Å². The summed E-state index contributed by atoms with van der Waals surface area (Å²) >= 11 is 0. The maximum atomic E-state index is 12.0. The van der Waals surface area contributed by atoms with Gasteiger partial charge in [-0.25, -0.2) is 4.98 Å². The SMILES string of the molecule is Cc1ccnc(NC(=O)c2ccc(C)c([N+](=O)[O-])c2)c1. The fourth-order valence-electron chi connectivity index (χ4n) is 1.74. The van der Waals surface area contributed by atoms with Gasteiger partial charge in [0.1, 0.15) is 5.82 Å². The van der Waals surface area contributed by atoms with Crippen LogP contribution in [0.15, 0.2) is 36.5 Å². The molecule has 1 heterocycles. The van der Waals surface area contributed by atoms with E-state index in [1.54, 1.807) is 31.3 Å². The Morgan fingerprint density at radius 3 is 2.65 bits per heavy atom. The topological polar surface area (TPSA) is 85.1 Å². The molecule has 2 aromatic rings. The van der Waals surface area contributed by atoms with Crippen LogP contribution in [0, 0.1) is 24.0 Å². The average Bonchev–Trinajstić information content (AvgIpc) is 2.38. The second-order valence-electron chi connectivity index (χ2n) is 4.43. The van der Waals surface area contributed by atoms with Gasteiger partial charge in [0.25, 0.3) is 11.6 Å². The Bertz CT molecular complexity index is 683. The first-order chi connectivity index (χ1) is 9.47. The molecule has 0 fully saturated rings. The summed E-state index contributed by atoms with van der Waals surface area (Å²) in [6.45, 7) is 3.51. The average molecular weight is 271 g/mol. The van der Waals surface area contributed by atoms with Crippen LogP contribution in [-0.4, -0.2) is 15.8 Å². The number of aryl methyl sites for hydroxylation is 2. The number of benzene rings is 1. The van der Waals surface area contributed by atoms with Crippen LogP contribution < -0.4 is 5.32 Å². The number of aromatic nitrogens is 1. The molecule has 0 saturated heterocycles. The molecule has 1 amide bonds. The predicted octanol–water partition coefficient (Wildman–Crippen LogP) is 2.86. The number of pyridine rings is 1. The van der Waals surface area contributed by atoms with Gasteiger partial charge in [0, 0.05) is 23.4 Å². The number of hydrogen-bond donors (Lipinski definition) is 1. The van der Waals surface area contributed by atoms with E-state index in [2.05, 4.69) is 10.3 Å². The summed E-state index contributed by atoms with van der Waals surface area (Å²) in [7, 11) is 0. The molecule has 6 nitrogen and oxygen atoms in total. The van der Waals surface area contributed by atoms with Gasteiger partial charge in [-0.2, -0.15) is 0 Å². The molecule has 1 aromatic carbocycles. The molecule has 2 rings (SSSR count). The Kier molecular flexibility index (Phi) is 3.74. The van der Waals surface area contributed by atoms with Crippen LogP contribution in [0.3, 0.4) is 0 Å². The van der Waals surface area contributed by atoms with Crippen LogP contribution in [0.25, 0.3) is 0 Å². The summed E-state index contributed by atoms with van der Waals surface area (Å²) in [5.41, 5.74) is 1.63. The van der Waals surface area contributed by atoms with E-state index in [0.717, 1.165) is 5.56 Å². The Balaban J connectivity index is 2.26. The number of nitrogens with one attached hydrogen (secondary N) is 1. The van der Waals surface area contributed by atoms with E-state index in [1.165, 1.54) is 6.07 Å². The number of nitro benzene ring substituents is 1. The summed E-state index contributed by atoms with van der Waals surface area (Å²) in [5.74, 6) is -0.00979. The van der Waals surface area contributed by atoms with Crippen LogP contribution in [-0.2, 0) is 0 Å². The fraction of sp³-hybridized carbons (Fsp3) is 0.143. The van der Waals surface area contributed by atoms with E-state index >= 15 is 0 Å². The Morgan fingerprint density at radius 2 is 2.00 bits per heavy atom. The van der Waals surface area contributed by atoms with Gasteiger partial charge in [0.2, 0.25) is 0 Å². The molecule has 0 atom stereocenters. The summed E-state index contributed by atoms with van der Waals surface area (Å²) in [4.78, 5) is 26.4. The summed E-state index contributed by atoms with van der Waals surface area (Å²) < 4.78 is 0. The fourth-order valence-corrected chi connectivity index (χ4v) is 1.74. The van der Waals surface area contributed by atoms with Crippen LogP contribution in [0.4, 0.5) is 11.5 Å². The third-order valence-corrected chi connectivity index (χ3v) is 2.83. The van der Waals surface area contributed by atoms with Crippen molar-refractivity contribution in [3.8, 4) is 0 Å². The normalized spacial score (nSPS) is 10.1. The van der Waals surface area contributed by atoms with Crippen molar-refractivity contribution in [2.24, 2.45) is 0 Å². The lowest BCUT2D eigenvalue weighted by Crippen LogP contribution is -2.13. The Labute approximate surface area is 115 Å². The van der Waals surface area contributed by atoms with Crippen molar-refractivity contribution in [2.75, 3.05) is 5.32 Å². The summed E-state index contributed by atoms with van der Waals surface area (Å²) in [5, 5.41) is 13.5. The standard InChI is InChI=1S/C14H13N3O3/c1-9-5-6-15-13(7-9)16-14(18)11-4-3-10(2)12(8-11)17(19)20/h3-8H,1-2H3,(H,15,16,18). The Morgan fingerprint density at radius 1 is 1.25 bits per heavy atom. The van der Waals surface area contributed by atoms with E-state index in [9.17, 15) is 14.9 Å². The zero-order valence-electron chi connectivity index (χ0n) is 11.1. The van der Waals surface area contributed by atoms with Crippen molar-refractivity contribution in [3.63, 3.8) is 0 Å². The summed E-state index contributed by atoms with van der Waals surface area (Å²) in [6.07, 6.45) is 1.59. The minimum absolute atomic E-state index is 0.0742. The van der Waals surface area contributed by atoms with Crippen molar-refractivity contribution in [3.05, 3.63) is 63.3 Å². The molecule has 0 aliphatic carbocycles. The molecule has 0 aliphatic heterocycles. The molecule has 0 bridgehead atoms. The van der Waals surface area contributed by atoms with Gasteiger partial charge in [-0.15, -0.1) is 0 Å². The highest BCUT2D eigenvalue weighted by atomic mass is 16.6. The zero-order chi connectivity index (χ0) is 14.7. The van der Waals surface area contributed by atoms with Gasteiger partial charge in [0.05, 0.1) is 4.92 Å². The molecule has 0 saturated carbocycles. The van der Waals surface area contributed by atoms with Gasteiger partial charge in [0.15, 0.2) is 0 Å². The first-order valence-corrected chi connectivity index (χ1v) is 5.96. The van der Waals surface area contributed by atoms with E-state index in [4.69, 9.17) is 0 Å². The predicted molar refractivity (Wildman–Crippen MR) is 74.8 cm³/mol. The minimum atomic E-state index is -0.503. The highest BCUT2D eigenvalue weighted by Crippen LogP contribution is 2.20. The van der Waals surface area contributed by atoms with E-state index in [-0.39, 0.29) is 11.3 Å². The van der Waals surface area contributed by atoms with Crippen LogP contribution in [0.5, 0.6) is 0 Å². The van der Waals surface area contributed by atoms with E-state index in [1.807, 2.05) is 13.0 Å². The molecule has 1 aromatic heterocycles. The third kappa shape index (κ3) is 2.97. The first kappa shape index (κ1) is 13.7. The van der Waals surface area contributed by atoms with E-state index in [0.29, 0.717) is 11.4 Å². The molecule has 0 spiro atoms. The quantitative estimate of drug-likeness (QED) is 0.687. The number of rotatable bonds is 3. The first-order valence-electron chi connectivity index (χ1n) is 5.96. The molecular weight excluding hydrogens is 258 g/mol. The van der Waals surface area contributed by atoms with Crippen LogP contribution >= 0.6 is 0 Å². The van der Waals surface area contributed by atoms with Crippen LogP contribution in [0.1, 0.15) is 21.5 Å². The molecular formula is C14H13N3O3. The van der Waals surface area contributed by atoms with Gasteiger partial charge >= 0.3 is 0 Å². The lowest BCUT2D eigenvalue weighted by Gasteiger charge is -2.05. The smallest absolute Gasteiger partial charge is 0.273 e. The molecule has 102 valence electrons. The van der Waals surface area contributed by atoms with Crippen molar-refractivity contribution in [1.82, 2.24) is 4.98 Å². The Hall–Kier alpha value is -2.76. The highest BCUT2D eigenvalue weighted by molar-refractivity contribution is 6.04. The van der Waals surface area contributed by atoms with Crippen molar-refractivity contribution in [2.45, 2.75) is 13.8 Å². The monoisotopic (exact) mass is 271 g/mol. The lowest BCUT2D eigenvalue weighted by molar-refractivity contribution is -0.385. The maximum Gasteiger partial charge on any atom is 0.273 e. The molecule has 20 heavy (non-hydrogen) atoms. The number of nitro groups is 1. The number of carbonyl (C=O) groups excluding carboxylic acids is 1. The molecule has 6 heteroatoms. The van der Waals surface area contributed by atoms with Crippen molar-refractivity contribution < 1.29 is 9.72 Å². The zero-order valence-corrected chi connectivity index (χ0v) is 11.1. The van der Waals surface area contributed by atoms with Crippen LogP contribution in [0.2, 0.25) is 0 Å². The second kappa shape index (κ2) is 5.48. The number of nitrogens with zero attached hydrogens (tertiary/aromatic N) is 2. The van der Waals surface area contributed by atoms with Crippen molar-refractivity contribution in [1.29, 1.82) is 0 Å². The lowest BCUT2D eigenvalue weighted by atomic mass is 10.1. The third-order valence-electron chi connectivity index (χ3n) is 2.83. The van der Waals surface area contributed by atoms with Gasteiger partial charge in [-0.3, -0.25) is 14.9 Å². The van der Waals surface area contributed by atoms with Gasteiger partial charge < -0.3 is 5.32 Å². The molecule has 0 unspecified atom stereocenters. The molecule has 0 radical (unpaired) electrons. The number of hydrogen-bond acceptors (Lipinski definition) is 4. The molecule has 0 aliphatic rings.